The molecule has 0 aromatic heterocycles. The summed E-state index contributed by atoms with van der Waals surface area (Å²) in [5.74, 6) is 0.972. The molecule has 104 valence electrons. The summed E-state index contributed by atoms with van der Waals surface area (Å²) < 4.78 is 0. The molecule has 0 aromatic carbocycles. The average Bonchev–Trinajstić information content (AvgIpc) is 2.45. The Labute approximate surface area is 113 Å². The molecule has 0 heterocycles. The van der Waals surface area contributed by atoms with E-state index in [1.54, 1.807) is 0 Å². The lowest BCUT2D eigenvalue weighted by atomic mass is 9.57. The minimum Gasteiger partial charge on any atom is -0.311 e. The second-order valence-electron chi connectivity index (χ2n) is 7.37. The normalized spacial score (nSPS) is 34.2. The van der Waals surface area contributed by atoms with Gasteiger partial charge in [-0.25, -0.2) is 0 Å². The van der Waals surface area contributed by atoms with E-state index in [0.717, 1.165) is 23.4 Å². The third kappa shape index (κ3) is 2.48. The largest absolute Gasteiger partial charge is 0.311 e. The highest BCUT2D eigenvalue weighted by molar-refractivity contribution is 5.02. The van der Waals surface area contributed by atoms with E-state index in [1.165, 1.54) is 77.0 Å². The van der Waals surface area contributed by atoms with Crippen molar-refractivity contribution in [2.24, 2.45) is 11.3 Å². The lowest BCUT2D eigenvalue weighted by molar-refractivity contribution is 0.0117. The van der Waals surface area contributed by atoms with Gasteiger partial charge in [0.1, 0.15) is 0 Å². The van der Waals surface area contributed by atoms with E-state index in [-0.39, 0.29) is 0 Å². The third-order valence-corrected chi connectivity index (χ3v) is 6.34. The van der Waals surface area contributed by atoms with Crippen molar-refractivity contribution in [1.29, 1.82) is 0 Å². The first-order chi connectivity index (χ1) is 8.80. The highest BCUT2D eigenvalue weighted by atomic mass is 15.0. The first-order valence-electron chi connectivity index (χ1n) is 8.56. The monoisotopic (exact) mass is 249 g/mol. The van der Waals surface area contributed by atoms with E-state index >= 15 is 0 Å². The summed E-state index contributed by atoms with van der Waals surface area (Å²) in [6.07, 6.45) is 17.9. The maximum atomic E-state index is 4.05. The van der Waals surface area contributed by atoms with Crippen LogP contribution in [0.4, 0.5) is 0 Å². The van der Waals surface area contributed by atoms with Gasteiger partial charge in [-0.05, 0) is 56.8 Å². The Kier molecular flexibility index (Phi) is 3.98. The summed E-state index contributed by atoms with van der Waals surface area (Å²) >= 11 is 0. The molecule has 0 bridgehead atoms. The zero-order chi connectivity index (χ0) is 12.4. The lowest BCUT2D eigenvalue weighted by Crippen LogP contribution is -2.57. The minimum atomic E-state index is 0.737. The van der Waals surface area contributed by atoms with E-state index in [4.69, 9.17) is 0 Å². The van der Waals surface area contributed by atoms with Gasteiger partial charge < -0.3 is 5.32 Å². The molecule has 1 heteroatoms. The van der Waals surface area contributed by atoms with Gasteiger partial charge in [0.25, 0.3) is 0 Å². The summed E-state index contributed by atoms with van der Waals surface area (Å²) in [7, 11) is 0. The Morgan fingerprint density at radius 1 is 0.833 bits per heavy atom. The first-order valence-corrected chi connectivity index (χ1v) is 8.56. The molecule has 3 aliphatic rings. The molecular weight excluding hydrogens is 218 g/mol. The zero-order valence-corrected chi connectivity index (χ0v) is 12.2. The van der Waals surface area contributed by atoms with Crippen molar-refractivity contribution in [3.05, 3.63) is 0 Å². The quantitative estimate of drug-likeness (QED) is 0.767. The van der Waals surface area contributed by atoms with E-state index in [1.807, 2.05) is 0 Å². The van der Waals surface area contributed by atoms with Crippen molar-refractivity contribution < 1.29 is 0 Å². The van der Waals surface area contributed by atoms with Gasteiger partial charge >= 0.3 is 0 Å². The van der Waals surface area contributed by atoms with Crippen LogP contribution >= 0.6 is 0 Å². The summed E-state index contributed by atoms with van der Waals surface area (Å²) in [5, 5.41) is 4.05. The van der Waals surface area contributed by atoms with Crippen molar-refractivity contribution >= 4 is 0 Å². The Bertz CT molecular complexity index is 261. The van der Waals surface area contributed by atoms with Gasteiger partial charge in [-0.3, -0.25) is 0 Å². The van der Waals surface area contributed by atoms with Crippen molar-refractivity contribution in [3.63, 3.8) is 0 Å². The first kappa shape index (κ1) is 13.0. The summed E-state index contributed by atoms with van der Waals surface area (Å²) in [5.41, 5.74) is 0.737. The fourth-order valence-electron chi connectivity index (χ4n) is 4.90. The van der Waals surface area contributed by atoms with E-state index in [0.29, 0.717) is 0 Å². The van der Waals surface area contributed by atoms with Crippen LogP contribution in [0.5, 0.6) is 0 Å². The maximum absolute atomic E-state index is 4.05. The van der Waals surface area contributed by atoms with Crippen LogP contribution in [0.2, 0.25) is 0 Å². The van der Waals surface area contributed by atoms with Gasteiger partial charge in [-0.1, -0.05) is 38.5 Å². The van der Waals surface area contributed by atoms with Crippen LogP contribution in [0.25, 0.3) is 0 Å². The van der Waals surface area contributed by atoms with E-state index in [9.17, 15) is 0 Å². The Morgan fingerprint density at radius 3 is 2.11 bits per heavy atom. The molecule has 0 amide bonds. The summed E-state index contributed by atoms with van der Waals surface area (Å²) in [4.78, 5) is 0. The van der Waals surface area contributed by atoms with Gasteiger partial charge in [-0.15, -0.1) is 0 Å². The summed E-state index contributed by atoms with van der Waals surface area (Å²) in [6, 6.07) is 1.64. The zero-order valence-electron chi connectivity index (χ0n) is 12.2. The van der Waals surface area contributed by atoms with Crippen LogP contribution in [0.3, 0.4) is 0 Å². The lowest BCUT2D eigenvalue weighted by Gasteiger charge is -2.54. The molecule has 2 atom stereocenters. The van der Waals surface area contributed by atoms with Crippen LogP contribution in [-0.2, 0) is 0 Å². The second kappa shape index (κ2) is 5.53. The van der Waals surface area contributed by atoms with Crippen molar-refractivity contribution in [2.75, 3.05) is 0 Å². The Balaban J connectivity index is 1.52. The van der Waals surface area contributed by atoms with Crippen LogP contribution in [0.15, 0.2) is 0 Å². The molecule has 1 unspecified atom stereocenters. The molecular formula is C17H31N. The Hall–Kier alpha value is -0.0400. The van der Waals surface area contributed by atoms with E-state index < -0.39 is 0 Å². The highest BCUT2D eigenvalue weighted by Gasteiger charge is 2.47. The van der Waals surface area contributed by atoms with Gasteiger partial charge in [0, 0.05) is 12.1 Å². The maximum Gasteiger partial charge on any atom is 0.0126 e. The summed E-state index contributed by atoms with van der Waals surface area (Å²) in [6.45, 7) is 2.46. The number of rotatable bonds is 3. The SMILES string of the molecule is C[C@@H](NC1CCC12CCCCC2)C1CCCCC1. The standard InChI is InChI=1S/C17H31N/c1-14(15-8-4-2-5-9-15)18-16-10-13-17(16)11-6-3-7-12-17/h14-16,18H,2-13H2,1H3/t14-,16?/m1/s1. The Morgan fingerprint density at radius 2 is 1.50 bits per heavy atom. The molecule has 0 radical (unpaired) electrons. The molecule has 3 rings (SSSR count). The molecule has 18 heavy (non-hydrogen) atoms. The predicted octanol–water partition coefficient (Wildman–Crippen LogP) is 4.66. The second-order valence-corrected chi connectivity index (χ2v) is 7.37. The fraction of sp³-hybridized carbons (Fsp3) is 1.00. The van der Waals surface area contributed by atoms with E-state index in [2.05, 4.69) is 12.2 Å². The van der Waals surface area contributed by atoms with Gasteiger partial charge in [0.05, 0.1) is 0 Å². The molecule has 3 aliphatic carbocycles. The van der Waals surface area contributed by atoms with Crippen LogP contribution in [0.1, 0.15) is 84.0 Å². The van der Waals surface area contributed by atoms with Crippen LogP contribution in [-0.4, -0.2) is 12.1 Å². The predicted molar refractivity (Wildman–Crippen MR) is 77.7 cm³/mol. The molecule has 0 saturated heterocycles. The van der Waals surface area contributed by atoms with Crippen LogP contribution in [0, 0.1) is 11.3 Å². The molecule has 3 saturated carbocycles. The van der Waals surface area contributed by atoms with Crippen molar-refractivity contribution in [1.82, 2.24) is 5.32 Å². The molecule has 0 aliphatic heterocycles. The van der Waals surface area contributed by atoms with Crippen molar-refractivity contribution in [3.8, 4) is 0 Å². The molecule has 1 nitrogen and oxygen atoms in total. The number of hydrogen-bond donors (Lipinski definition) is 1. The van der Waals surface area contributed by atoms with Gasteiger partial charge in [-0.2, -0.15) is 0 Å². The minimum absolute atomic E-state index is 0.737. The molecule has 1 spiro atoms. The third-order valence-electron chi connectivity index (χ3n) is 6.34. The van der Waals surface area contributed by atoms with Crippen molar-refractivity contribution in [2.45, 2.75) is 96.1 Å². The average molecular weight is 249 g/mol. The smallest absolute Gasteiger partial charge is 0.0126 e. The van der Waals surface area contributed by atoms with Crippen LogP contribution < -0.4 is 5.32 Å². The highest BCUT2D eigenvalue weighted by Crippen LogP contribution is 2.52. The number of nitrogens with one attached hydrogen (secondary N) is 1. The molecule has 3 fully saturated rings. The number of hydrogen-bond acceptors (Lipinski definition) is 1. The van der Waals surface area contributed by atoms with Gasteiger partial charge in [0.2, 0.25) is 0 Å². The molecule has 1 N–H and O–H groups in total. The molecule has 0 aromatic rings. The fourth-order valence-corrected chi connectivity index (χ4v) is 4.90. The van der Waals surface area contributed by atoms with Gasteiger partial charge in [0.15, 0.2) is 0 Å². The topological polar surface area (TPSA) is 12.0 Å².